The van der Waals surface area contributed by atoms with Crippen molar-refractivity contribution in [2.75, 3.05) is 4.90 Å². The Morgan fingerprint density at radius 1 is 0.639 bits per heavy atom. The van der Waals surface area contributed by atoms with Crippen LogP contribution >= 0.6 is 0 Å². The summed E-state index contributed by atoms with van der Waals surface area (Å²) in [6.07, 6.45) is -0.744. The molecule has 0 spiro atoms. The summed E-state index contributed by atoms with van der Waals surface area (Å²) in [6.45, 7) is 0. The summed E-state index contributed by atoms with van der Waals surface area (Å²) in [5.41, 5.74) is 6.22. The highest BCUT2D eigenvalue weighted by Crippen LogP contribution is 2.47. The Hall–Kier alpha value is -5.12. The summed E-state index contributed by atoms with van der Waals surface area (Å²) >= 11 is 0. The van der Waals surface area contributed by atoms with Crippen molar-refractivity contribution in [2.24, 2.45) is 0 Å². The Balaban J connectivity index is 1.51. The molecule has 0 radical (unpaired) electrons. The molecule has 2 atom stereocenters. The van der Waals surface area contributed by atoms with Crippen LogP contribution in [0.2, 0.25) is 0 Å². The van der Waals surface area contributed by atoms with Gasteiger partial charge >= 0.3 is 0 Å². The molecule has 0 amide bonds. The third-order valence-electron chi connectivity index (χ3n) is 6.66. The molecule has 174 valence electrons. The fourth-order valence-electron chi connectivity index (χ4n) is 5.08. The van der Waals surface area contributed by atoms with Gasteiger partial charge in [-0.3, -0.25) is 10.1 Å². The van der Waals surface area contributed by atoms with Crippen molar-refractivity contribution in [2.45, 2.75) is 12.3 Å². The Morgan fingerprint density at radius 3 is 1.61 bits per heavy atom. The number of anilines is 1. The van der Waals surface area contributed by atoms with Gasteiger partial charge in [-0.2, -0.15) is 0 Å². The van der Waals surface area contributed by atoms with Crippen LogP contribution in [0, 0.1) is 10.1 Å². The van der Waals surface area contributed by atoms with E-state index in [9.17, 15) is 10.1 Å². The predicted molar refractivity (Wildman–Crippen MR) is 133 cm³/mol. The highest BCUT2D eigenvalue weighted by Gasteiger charge is 2.43. The first kappa shape index (κ1) is 20.3. The molecule has 7 rings (SSSR count). The molecule has 1 aliphatic heterocycles. The second-order valence-corrected chi connectivity index (χ2v) is 8.60. The minimum absolute atomic E-state index is 0.0287. The monoisotopic (exact) mass is 474 g/mol. The second-order valence-electron chi connectivity index (χ2n) is 8.60. The van der Waals surface area contributed by atoms with E-state index >= 15 is 0 Å². The van der Waals surface area contributed by atoms with Crippen molar-refractivity contribution in [3.05, 3.63) is 118 Å². The van der Waals surface area contributed by atoms with Crippen LogP contribution in [0.4, 0.5) is 11.4 Å². The third kappa shape index (κ3) is 2.91. The number of fused-ring (bicyclic) bond motifs is 3. The number of nitro groups is 1. The van der Waals surface area contributed by atoms with E-state index in [1.54, 1.807) is 12.1 Å². The molecule has 0 fully saturated rings. The second kappa shape index (κ2) is 7.70. The lowest BCUT2D eigenvalue weighted by Crippen LogP contribution is -2.35. The largest absolute Gasteiger partial charge is 0.319 e. The smallest absolute Gasteiger partial charge is 0.269 e. The normalized spacial score (nSPS) is 17.1. The lowest BCUT2D eigenvalue weighted by molar-refractivity contribution is -0.384. The van der Waals surface area contributed by atoms with E-state index in [0.29, 0.717) is 0 Å². The van der Waals surface area contributed by atoms with Crippen molar-refractivity contribution in [3.8, 4) is 0 Å². The molecule has 10 heteroatoms. The summed E-state index contributed by atoms with van der Waals surface area (Å²) in [7, 11) is 0. The fourth-order valence-corrected chi connectivity index (χ4v) is 5.08. The zero-order valence-electron chi connectivity index (χ0n) is 18.8. The van der Waals surface area contributed by atoms with Gasteiger partial charge in [0.05, 0.1) is 16.0 Å². The molecule has 0 saturated carbocycles. The maximum Gasteiger partial charge on any atom is 0.269 e. The van der Waals surface area contributed by atoms with Gasteiger partial charge < -0.3 is 4.90 Å². The van der Waals surface area contributed by atoms with Gasteiger partial charge in [0.1, 0.15) is 11.0 Å². The SMILES string of the molecule is O=[N+]([O-])c1ccc(N2C(n3nnc4ccccc43)c3ccccc3C2n2nnc3ccccc32)cc1. The average Bonchev–Trinajstić information content (AvgIpc) is 3.62. The molecule has 1 aliphatic rings. The first-order valence-electron chi connectivity index (χ1n) is 11.4. The predicted octanol–water partition coefficient (Wildman–Crippen LogP) is 4.70. The standard InChI is InChI=1S/C26H18N8O2/c35-34(36)18-15-13-17(14-16-18)31-25(32-23-11-5-3-9-21(23)27-29-32)19-7-1-2-8-20(19)26(31)33-24-12-6-4-10-22(24)28-30-33/h1-16,25-26H. The first-order chi connectivity index (χ1) is 17.7. The number of nitro benzene ring substituents is 1. The Kier molecular flexibility index (Phi) is 4.34. The molecule has 6 aromatic rings. The number of para-hydroxylation sites is 2. The third-order valence-corrected chi connectivity index (χ3v) is 6.66. The lowest BCUT2D eigenvalue weighted by Gasteiger charge is -2.33. The molecule has 10 nitrogen and oxygen atoms in total. The molecule has 2 unspecified atom stereocenters. The summed E-state index contributed by atoms with van der Waals surface area (Å²) in [4.78, 5) is 13.1. The van der Waals surface area contributed by atoms with Crippen LogP contribution < -0.4 is 4.90 Å². The van der Waals surface area contributed by atoms with Crippen LogP contribution in [0.5, 0.6) is 0 Å². The molecule has 0 bridgehead atoms. The molecule has 3 heterocycles. The first-order valence-corrected chi connectivity index (χ1v) is 11.4. The number of nitrogens with zero attached hydrogens (tertiary/aromatic N) is 8. The van der Waals surface area contributed by atoms with Crippen molar-refractivity contribution in [1.29, 1.82) is 0 Å². The average molecular weight is 474 g/mol. The quantitative estimate of drug-likeness (QED) is 0.269. The Morgan fingerprint density at radius 2 is 1.11 bits per heavy atom. The molecule has 0 N–H and O–H groups in total. The van der Waals surface area contributed by atoms with Crippen LogP contribution in [0.1, 0.15) is 23.5 Å². The van der Waals surface area contributed by atoms with Gasteiger partial charge in [-0.15, -0.1) is 10.2 Å². The van der Waals surface area contributed by atoms with Crippen LogP contribution in [0.15, 0.2) is 97.1 Å². The van der Waals surface area contributed by atoms with Gasteiger partial charge in [0.25, 0.3) is 5.69 Å². The number of non-ortho nitro benzene ring substituents is 1. The van der Waals surface area contributed by atoms with E-state index in [-0.39, 0.29) is 18.0 Å². The minimum Gasteiger partial charge on any atom is -0.319 e. The van der Waals surface area contributed by atoms with Gasteiger partial charge in [0, 0.05) is 28.9 Å². The van der Waals surface area contributed by atoms with Gasteiger partial charge in [0.2, 0.25) is 0 Å². The number of benzene rings is 4. The number of aromatic nitrogens is 6. The van der Waals surface area contributed by atoms with E-state index in [1.807, 2.05) is 70.0 Å². The van der Waals surface area contributed by atoms with Gasteiger partial charge in [-0.25, -0.2) is 9.36 Å². The van der Waals surface area contributed by atoms with Crippen LogP contribution in [-0.4, -0.2) is 34.9 Å². The lowest BCUT2D eigenvalue weighted by atomic mass is 10.1. The van der Waals surface area contributed by atoms with Crippen LogP contribution in [0.3, 0.4) is 0 Å². The molecular formula is C26H18N8O2. The van der Waals surface area contributed by atoms with Gasteiger partial charge in [-0.1, -0.05) is 59.0 Å². The zero-order valence-corrected chi connectivity index (χ0v) is 18.8. The van der Waals surface area contributed by atoms with Crippen molar-refractivity contribution in [3.63, 3.8) is 0 Å². The summed E-state index contributed by atoms with van der Waals surface area (Å²) in [6, 6.07) is 30.4. The van der Waals surface area contributed by atoms with E-state index in [1.165, 1.54) is 12.1 Å². The Labute approximate surface area is 204 Å². The molecule has 36 heavy (non-hydrogen) atoms. The number of rotatable bonds is 4. The van der Waals surface area contributed by atoms with E-state index in [4.69, 9.17) is 0 Å². The summed E-state index contributed by atoms with van der Waals surface area (Å²) in [5, 5.41) is 29.3. The van der Waals surface area contributed by atoms with Gasteiger partial charge in [0.15, 0.2) is 12.3 Å². The highest BCUT2D eigenvalue weighted by atomic mass is 16.6. The zero-order chi connectivity index (χ0) is 24.2. The van der Waals surface area contributed by atoms with E-state index in [0.717, 1.165) is 38.9 Å². The topological polar surface area (TPSA) is 108 Å². The molecule has 0 aliphatic carbocycles. The fraction of sp³-hybridized carbons (Fsp3) is 0.0769. The number of hydrogen-bond donors (Lipinski definition) is 0. The Bertz CT molecular complexity index is 1660. The van der Waals surface area contributed by atoms with E-state index < -0.39 is 4.92 Å². The van der Waals surface area contributed by atoms with Gasteiger partial charge in [-0.05, 0) is 36.4 Å². The molecule has 0 saturated heterocycles. The van der Waals surface area contributed by atoms with Crippen LogP contribution in [-0.2, 0) is 0 Å². The minimum atomic E-state index is -0.396. The maximum absolute atomic E-state index is 11.4. The molecule has 2 aromatic heterocycles. The van der Waals surface area contributed by atoms with Crippen molar-refractivity contribution >= 4 is 33.4 Å². The number of hydrogen-bond acceptors (Lipinski definition) is 7. The molecule has 4 aromatic carbocycles. The summed E-state index contributed by atoms with van der Waals surface area (Å²) in [5.74, 6) is 0. The molecular weight excluding hydrogens is 456 g/mol. The summed E-state index contributed by atoms with van der Waals surface area (Å²) < 4.78 is 3.80. The van der Waals surface area contributed by atoms with Crippen LogP contribution in [0.25, 0.3) is 22.1 Å². The maximum atomic E-state index is 11.4. The van der Waals surface area contributed by atoms with Crippen molar-refractivity contribution < 1.29 is 4.92 Å². The van der Waals surface area contributed by atoms with Crippen molar-refractivity contribution in [1.82, 2.24) is 30.0 Å². The highest BCUT2D eigenvalue weighted by molar-refractivity contribution is 5.76. The van der Waals surface area contributed by atoms with E-state index in [2.05, 4.69) is 37.7 Å².